The van der Waals surface area contributed by atoms with Crippen molar-refractivity contribution >= 4 is 16.2 Å². The van der Waals surface area contributed by atoms with Crippen LogP contribution < -0.4 is 0 Å². The molecule has 0 radical (unpaired) electrons. The zero-order valence-corrected chi connectivity index (χ0v) is 23.0. The third-order valence-electron chi connectivity index (χ3n) is 6.42. The third kappa shape index (κ3) is 17.6. The average molecular weight is 505 g/mol. The molecule has 1 aliphatic heterocycles. The van der Waals surface area contributed by atoms with Crippen molar-refractivity contribution in [2.24, 2.45) is 4.99 Å². The monoisotopic (exact) mass is 504 g/mol. The van der Waals surface area contributed by atoms with Crippen molar-refractivity contribution in [2.75, 3.05) is 39.4 Å². The van der Waals surface area contributed by atoms with E-state index in [1.165, 1.54) is 103 Å². The second kappa shape index (κ2) is 21.5. The molecule has 0 saturated heterocycles. The molecule has 0 saturated carbocycles. The van der Waals surface area contributed by atoms with Crippen LogP contribution in [0, 0.1) is 0 Å². The van der Waals surface area contributed by atoms with Crippen LogP contribution >= 0.6 is 0 Å². The molecule has 1 N–H and O–H groups in total. The lowest BCUT2D eigenvalue weighted by Crippen LogP contribution is -2.51. The Morgan fingerprint density at radius 3 is 1.88 bits per heavy atom. The first-order valence-electron chi connectivity index (χ1n) is 13.6. The van der Waals surface area contributed by atoms with E-state index in [0.29, 0.717) is 0 Å². The van der Waals surface area contributed by atoms with Crippen LogP contribution in [-0.4, -0.2) is 67.8 Å². The molecule has 0 aromatic carbocycles. The van der Waals surface area contributed by atoms with E-state index in [1.807, 2.05) is 0 Å². The molecule has 0 fully saturated rings. The summed E-state index contributed by atoms with van der Waals surface area (Å²) in [5, 5.41) is 9.35. The number of rotatable bonds is 20. The van der Waals surface area contributed by atoms with Gasteiger partial charge in [-0.25, -0.2) is 13.4 Å². The Kier molecular flexibility index (Phi) is 21.0. The van der Waals surface area contributed by atoms with Crippen LogP contribution in [0.5, 0.6) is 0 Å². The number of hydrogen-bond donors (Lipinski definition) is 1. The number of aliphatic hydroxyl groups excluding tert-OH is 1. The second-order valence-electron chi connectivity index (χ2n) is 9.12. The Hall–Kier alpha value is -0.800. The van der Waals surface area contributed by atoms with E-state index >= 15 is 0 Å². The molecule has 0 aromatic rings. The predicted molar refractivity (Wildman–Crippen MR) is 141 cm³/mol. The minimum Gasteiger partial charge on any atom is -0.726 e. The highest BCUT2D eigenvalue weighted by Gasteiger charge is 2.34. The maximum atomic E-state index is 9.45. The van der Waals surface area contributed by atoms with Gasteiger partial charge in [0.2, 0.25) is 16.2 Å². The molecule has 8 heteroatoms. The zero-order chi connectivity index (χ0) is 25.5. The van der Waals surface area contributed by atoms with E-state index in [2.05, 4.69) is 35.2 Å². The maximum Gasteiger partial charge on any atom is 0.222 e. The van der Waals surface area contributed by atoms with Gasteiger partial charge in [-0.1, -0.05) is 90.0 Å². The van der Waals surface area contributed by atoms with Crippen molar-refractivity contribution in [3.8, 4) is 0 Å². The lowest BCUT2D eigenvalue weighted by molar-refractivity contribution is -0.832. The molecule has 0 aliphatic carbocycles. The number of hydrogen-bond acceptors (Lipinski definition) is 6. The number of likely N-dealkylation sites (N-methyl/N-ethyl adjacent to an activating group) is 1. The molecule has 1 aliphatic rings. The number of quaternary nitrogens is 1. The van der Waals surface area contributed by atoms with E-state index in [4.69, 9.17) is 0 Å². The zero-order valence-electron chi connectivity index (χ0n) is 22.2. The van der Waals surface area contributed by atoms with Gasteiger partial charge in [0.15, 0.2) is 0 Å². The van der Waals surface area contributed by atoms with Gasteiger partial charge in [0.25, 0.3) is 0 Å². The molecule has 202 valence electrons. The summed E-state index contributed by atoms with van der Waals surface area (Å²) in [7, 11) is -4.42. The molecule has 1 atom stereocenters. The van der Waals surface area contributed by atoms with E-state index < -0.39 is 10.4 Å². The fraction of sp³-hybridized carbons (Fsp3) is 0.885. The van der Waals surface area contributed by atoms with Crippen molar-refractivity contribution in [3.63, 3.8) is 0 Å². The van der Waals surface area contributed by atoms with Crippen molar-refractivity contribution in [1.82, 2.24) is 0 Å². The summed E-state index contributed by atoms with van der Waals surface area (Å²) in [5.41, 5.74) is 0. The highest BCUT2D eigenvalue weighted by atomic mass is 32.3. The first kappa shape index (κ1) is 33.2. The molecule has 34 heavy (non-hydrogen) atoms. The normalized spacial score (nSPS) is 18.2. The third-order valence-corrected chi connectivity index (χ3v) is 6.95. The Labute approximate surface area is 210 Å². The second-order valence-corrected chi connectivity index (χ2v) is 10.2. The van der Waals surface area contributed by atoms with Gasteiger partial charge in [-0.05, 0) is 26.7 Å². The number of aliphatic imine (C=N–C) groups is 1. The largest absolute Gasteiger partial charge is 0.726 e. The van der Waals surface area contributed by atoms with Gasteiger partial charge in [0, 0.05) is 6.08 Å². The molecular formula is C26H52N2O5S. The quantitative estimate of drug-likeness (QED) is 0.0985. The number of amidine groups is 1. The Bertz CT molecular complexity index is 637. The Morgan fingerprint density at radius 1 is 0.941 bits per heavy atom. The number of unbranched alkanes of at least 4 members (excludes halogenated alkanes) is 13. The highest BCUT2D eigenvalue weighted by molar-refractivity contribution is 7.80. The summed E-state index contributed by atoms with van der Waals surface area (Å²) >= 11 is 0. The predicted octanol–water partition coefficient (Wildman–Crippen LogP) is 5.75. The smallest absolute Gasteiger partial charge is 0.222 e. The van der Waals surface area contributed by atoms with Crippen LogP contribution in [0.15, 0.2) is 17.1 Å². The SMILES string of the molecule is CCCCCCCCCCCCCCC/C=C/C1=NCC[N+]1(CC)CCO.CCOS(=O)(=O)[O-]. The molecule has 7 nitrogen and oxygen atoms in total. The molecule has 0 spiro atoms. The van der Waals surface area contributed by atoms with Gasteiger partial charge in [-0.3, -0.25) is 8.67 Å². The Balaban J connectivity index is 0.00000135. The van der Waals surface area contributed by atoms with Crippen LogP contribution in [0.3, 0.4) is 0 Å². The van der Waals surface area contributed by atoms with Gasteiger partial charge in [-0.15, -0.1) is 0 Å². The summed E-state index contributed by atoms with van der Waals surface area (Å²) in [6, 6.07) is 0. The fourth-order valence-electron chi connectivity index (χ4n) is 4.34. The molecule has 1 heterocycles. The highest BCUT2D eigenvalue weighted by Crippen LogP contribution is 2.17. The van der Waals surface area contributed by atoms with E-state index in [9.17, 15) is 18.1 Å². The standard InChI is InChI=1S/C24H47N2O.C2H6O4S/c1-3-5-6-7-8-9-10-11-12-13-14-15-16-17-18-19-24-25-20-21-26(24,4-2)22-23-27;1-2-6-7(3,4)5/h18-19,27H,3-17,20-23H2,1-2H3;2H2,1H3,(H,3,4,5)/q+1;/p-1/b19-18+;. The summed E-state index contributed by atoms with van der Waals surface area (Å²) < 4.78 is 32.9. The van der Waals surface area contributed by atoms with Gasteiger partial charge in [0.1, 0.15) is 13.1 Å². The minimum absolute atomic E-state index is 0.0914. The number of allylic oxidation sites excluding steroid dienone is 1. The lowest BCUT2D eigenvalue weighted by atomic mass is 10.0. The molecule has 0 amide bonds. The molecule has 1 unspecified atom stereocenters. The minimum atomic E-state index is -4.42. The molecule has 0 bridgehead atoms. The molecular weight excluding hydrogens is 452 g/mol. The van der Waals surface area contributed by atoms with Gasteiger partial charge in [0.05, 0.1) is 26.3 Å². The van der Waals surface area contributed by atoms with Crippen LogP contribution in [0.2, 0.25) is 0 Å². The molecule has 0 aromatic heterocycles. The van der Waals surface area contributed by atoms with Crippen LogP contribution in [0.4, 0.5) is 0 Å². The van der Waals surface area contributed by atoms with E-state index in [-0.39, 0.29) is 13.2 Å². The van der Waals surface area contributed by atoms with Gasteiger partial charge in [-0.2, -0.15) is 0 Å². The average Bonchev–Trinajstić information content (AvgIpc) is 3.19. The lowest BCUT2D eigenvalue weighted by Gasteiger charge is -2.31. The maximum absolute atomic E-state index is 9.45. The van der Waals surface area contributed by atoms with Crippen molar-refractivity contribution in [1.29, 1.82) is 0 Å². The van der Waals surface area contributed by atoms with Crippen molar-refractivity contribution < 1.29 is 26.7 Å². The Morgan fingerprint density at radius 2 is 1.47 bits per heavy atom. The first-order valence-corrected chi connectivity index (χ1v) is 15.0. The fourth-order valence-corrected chi connectivity index (χ4v) is 4.63. The van der Waals surface area contributed by atoms with Crippen LogP contribution in [0.1, 0.15) is 111 Å². The van der Waals surface area contributed by atoms with E-state index in [1.54, 1.807) is 0 Å². The van der Waals surface area contributed by atoms with Gasteiger partial charge < -0.3 is 9.66 Å². The van der Waals surface area contributed by atoms with Crippen LogP contribution in [-0.2, 0) is 14.6 Å². The number of aliphatic hydroxyl groups is 1. The topological polar surface area (TPSA) is 99.0 Å². The first-order chi connectivity index (χ1) is 16.3. The summed E-state index contributed by atoms with van der Waals surface area (Å²) in [5.74, 6) is 1.18. The van der Waals surface area contributed by atoms with E-state index in [0.717, 1.165) is 30.7 Å². The summed E-state index contributed by atoms with van der Waals surface area (Å²) in [6.45, 7) is 9.87. The summed E-state index contributed by atoms with van der Waals surface area (Å²) in [6.07, 6.45) is 24.1. The summed E-state index contributed by atoms with van der Waals surface area (Å²) in [4.78, 5) is 4.67. The van der Waals surface area contributed by atoms with Crippen LogP contribution in [0.25, 0.3) is 0 Å². The van der Waals surface area contributed by atoms with Crippen molar-refractivity contribution in [2.45, 2.75) is 111 Å². The molecule has 1 rings (SSSR count). The number of nitrogens with zero attached hydrogens (tertiary/aromatic N) is 2. The van der Waals surface area contributed by atoms with Crippen molar-refractivity contribution in [3.05, 3.63) is 12.2 Å². The van der Waals surface area contributed by atoms with Gasteiger partial charge >= 0.3 is 0 Å².